The van der Waals surface area contributed by atoms with E-state index >= 15 is 0 Å². The molecule has 2 N–H and O–H groups in total. The molecule has 0 aromatic heterocycles. The van der Waals surface area contributed by atoms with Crippen molar-refractivity contribution in [2.45, 2.75) is 25.0 Å². The van der Waals surface area contributed by atoms with Crippen molar-refractivity contribution >= 4 is 15.5 Å². The SMILES string of the molecule is CC(CCN)S(=O)(=O)CCc1ccccc1[N+](=O)[O-]. The van der Waals surface area contributed by atoms with Crippen LogP contribution in [0.5, 0.6) is 0 Å². The summed E-state index contributed by atoms with van der Waals surface area (Å²) in [5.41, 5.74) is 5.75. The van der Waals surface area contributed by atoms with Gasteiger partial charge in [0.05, 0.1) is 15.9 Å². The summed E-state index contributed by atoms with van der Waals surface area (Å²) in [5, 5.41) is 10.3. The summed E-state index contributed by atoms with van der Waals surface area (Å²) in [7, 11) is -3.27. The lowest BCUT2D eigenvalue weighted by atomic mass is 10.1. The first-order chi connectivity index (χ1) is 8.88. The maximum absolute atomic E-state index is 11.9. The Balaban J connectivity index is 2.80. The van der Waals surface area contributed by atoms with Gasteiger partial charge in [-0.15, -0.1) is 0 Å². The van der Waals surface area contributed by atoms with Crippen molar-refractivity contribution in [2.75, 3.05) is 12.3 Å². The molecular formula is C12H18N2O4S. The van der Waals surface area contributed by atoms with Crippen LogP contribution in [0.2, 0.25) is 0 Å². The molecule has 0 saturated carbocycles. The first-order valence-electron chi connectivity index (χ1n) is 6.02. The monoisotopic (exact) mass is 286 g/mol. The number of sulfone groups is 1. The van der Waals surface area contributed by atoms with E-state index in [2.05, 4.69) is 0 Å². The molecule has 0 fully saturated rings. The smallest absolute Gasteiger partial charge is 0.272 e. The molecule has 0 saturated heterocycles. The van der Waals surface area contributed by atoms with Gasteiger partial charge in [0, 0.05) is 11.6 Å². The topological polar surface area (TPSA) is 103 Å². The highest BCUT2D eigenvalue weighted by atomic mass is 32.2. The number of nitrogens with zero attached hydrogens (tertiary/aromatic N) is 1. The van der Waals surface area contributed by atoms with E-state index in [0.717, 1.165) is 0 Å². The number of nitro groups is 1. The first-order valence-corrected chi connectivity index (χ1v) is 7.74. The molecule has 0 spiro atoms. The van der Waals surface area contributed by atoms with Crippen LogP contribution in [0.4, 0.5) is 5.69 Å². The van der Waals surface area contributed by atoms with E-state index in [1.54, 1.807) is 25.1 Å². The van der Waals surface area contributed by atoms with Crippen LogP contribution >= 0.6 is 0 Å². The number of para-hydroxylation sites is 1. The van der Waals surface area contributed by atoms with Gasteiger partial charge in [-0.1, -0.05) is 18.2 Å². The Morgan fingerprint density at radius 2 is 2.00 bits per heavy atom. The Hall–Kier alpha value is -1.47. The van der Waals surface area contributed by atoms with E-state index in [1.807, 2.05) is 0 Å². The molecule has 1 aromatic rings. The van der Waals surface area contributed by atoms with Crippen molar-refractivity contribution in [3.63, 3.8) is 0 Å². The molecule has 6 nitrogen and oxygen atoms in total. The zero-order valence-electron chi connectivity index (χ0n) is 10.8. The number of rotatable bonds is 7. The lowest BCUT2D eigenvalue weighted by Gasteiger charge is -2.11. The lowest BCUT2D eigenvalue weighted by molar-refractivity contribution is -0.385. The summed E-state index contributed by atoms with van der Waals surface area (Å²) in [6.07, 6.45) is 0.549. The van der Waals surface area contributed by atoms with Gasteiger partial charge in [0.2, 0.25) is 0 Å². The molecule has 1 rings (SSSR count). The van der Waals surface area contributed by atoms with Gasteiger partial charge in [0.25, 0.3) is 5.69 Å². The molecule has 0 aliphatic heterocycles. The summed E-state index contributed by atoms with van der Waals surface area (Å²) < 4.78 is 23.9. The molecule has 19 heavy (non-hydrogen) atoms. The number of nitro benzene ring substituents is 1. The fourth-order valence-corrected chi connectivity index (χ4v) is 3.17. The van der Waals surface area contributed by atoms with E-state index in [1.165, 1.54) is 6.07 Å². The van der Waals surface area contributed by atoms with Crippen molar-refractivity contribution in [1.82, 2.24) is 0 Å². The van der Waals surface area contributed by atoms with Crippen molar-refractivity contribution in [1.29, 1.82) is 0 Å². The van der Waals surface area contributed by atoms with E-state index in [4.69, 9.17) is 5.73 Å². The van der Waals surface area contributed by atoms with Gasteiger partial charge in [-0.3, -0.25) is 10.1 Å². The molecule has 1 unspecified atom stereocenters. The van der Waals surface area contributed by atoms with Gasteiger partial charge in [0.1, 0.15) is 0 Å². The molecule has 0 bridgehead atoms. The van der Waals surface area contributed by atoms with Gasteiger partial charge in [-0.05, 0) is 26.3 Å². The summed E-state index contributed by atoms with van der Waals surface area (Å²) in [5.74, 6) is -0.0982. The zero-order chi connectivity index (χ0) is 14.5. The second kappa shape index (κ2) is 6.63. The van der Waals surface area contributed by atoms with Crippen LogP contribution in [0.15, 0.2) is 24.3 Å². The van der Waals surface area contributed by atoms with Gasteiger partial charge in [-0.2, -0.15) is 0 Å². The number of hydrogen-bond donors (Lipinski definition) is 1. The second-order valence-corrected chi connectivity index (χ2v) is 6.93. The quantitative estimate of drug-likeness (QED) is 0.601. The molecule has 0 amide bonds. The van der Waals surface area contributed by atoms with Gasteiger partial charge in [0.15, 0.2) is 9.84 Å². The van der Waals surface area contributed by atoms with Crippen LogP contribution in [-0.4, -0.2) is 30.9 Å². The Bertz CT molecular complexity index is 542. The molecule has 1 aromatic carbocycles. The van der Waals surface area contributed by atoms with Gasteiger partial charge < -0.3 is 5.73 Å². The summed E-state index contributed by atoms with van der Waals surface area (Å²) in [6, 6.07) is 6.19. The minimum absolute atomic E-state index is 0.0378. The fourth-order valence-electron chi connectivity index (χ4n) is 1.77. The van der Waals surface area contributed by atoms with E-state index in [9.17, 15) is 18.5 Å². The fraction of sp³-hybridized carbons (Fsp3) is 0.500. The average Bonchev–Trinajstić information content (AvgIpc) is 2.37. The molecule has 0 aliphatic rings. The van der Waals surface area contributed by atoms with Crippen LogP contribution in [-0.2, 0) is 16.3 Å². The lowest BCUT2D eigenvalue weighted by Crippen LogP contribution is -2.25. The van der Waals surface area contributed by atoms with E-state index in [-0.39, 0.29) is 17.9 Å². The maximum atomic E-state index is 11.9. The molecule has 7 heteroatoms. The third kappa shape index (κ3) is 4.29. The number of benzene rings is 1. The highest BCUT2D eigenvalue weighted by Gasteiger charge is 2.21. The molecule has 0 radical (unpaired) electrons. The third-order valence-electron chi connectivity index (χ3n) is 3.03. The molecule has 1 atom stereocenters. The molecular weight excluding hydrogens is 268 g/mol. The largest absolute Gasteiger partial charge is 0.330 e. The highest BCUT2D eigenvalue weighted by molar-refractivity contribution is 7.92. The number of nitrogens with two attached hydrogens (primary N) is 1. The van der Waals surface area contributed by atoms with Crippen LogP contribution in [0.3, 0.4) is 0 Å². The van der Waals surface area contributed by atoms with Crippen LogP contribution in [0, 0.1) is 10.1 Å². The van der Waals surface area contributed by atoms with E-state index < -0.39 is 20.0 Å². The van der Waals surface area contributed by atoms with Crippen LogP contribution in [0.1, 0.15) is 18.9 Å². The van der Waals surface area contributed by atoms with Crippen LogP contribution < -0.4 is 5.73 Å². The Labute approximate surface area is 112 Å². The number of hydrogen-bond acceptors (Lipinski definition) is 5. The maximum Gasteiger partial charge on any atom is 0.272 e. The normalized spacial score (nSPS) is 13.2. The zero-order valence-corrected chi connectivity index (χ0v) is 11.6. The predicted octanol–water partition coefficient (Wildman–Crippen LogP) is 1.29. The van der Waals surface area contributed by atoms with Gasteiger partial charge >= 0.3 is 0 Å². The molecule has 0 aliphatic carbocycles. The third-order valence-corrected chi connectivity index (χ3v) is 5.27. The Morgan fingerprint density at radius 3 is 2.58 bits per heavy atom. The van der Waals surface area contributed by atoms with Crippen molar-refractivity contribution in [2.24, 2.45) is 5.73 Å². The minimum atomic E-state index is -3.27. The Kier molecular flexibility index (Phi) is 5.44. The average molecular weight is 286 g/mol. The van der Waals surface area contributed by atoms with Crippen molar-refractivity contribution in [3.05, 3.63) is 39.9 Å². The van der Waals surface area contributed by atoms with E-state index in [0.29, 0.717) is 18.5 Å². The predicted molar refractivity (Wildman–Crippen MR) is 73.7 cm³/mol. The first kappa shape index (κ1) is 15.6. The van der Waals surface area contributed by atoms with Crippen molar-refractivity contribution in [3.8, 4) is 0 Å². The second-order valence-electron chi connectivity index (χ2n) is 4.39. The summed E-state index contributed by atoms with van der Waals surface area (Å²) in [4.78, 5) is 10.3. The molecule has 0 heterocycles. The standard InChI is InChI=1S/C12H18N2O4S/c1-10(6-8-13)19(17,18)9-7-11-4-2-3-5-12(11)14(15)16/h2-5,10H,6-9,13H2,1H3. The summed E-state index contributed by atoms with van der Waals surface area (Å²) in [6.45, 7) is 1.92. The number of aryl methyl sites for hydroxylation is 1. The van der Waals surface area contributed by atoms with Crippen molar-refractivity contribution < 1.29 is 13.3 Å². The van der Waals surface area contributed by atoms with Crippen LogP contribution in [0.25, 0.3) is 0 Å². The highest BCUT2D eigenvalue weighted by Crippen LogP contribution is 2.19. The Morgan fingerprint density at radius 1 is 1.37 bits per heavy atom. The summed E-state index contributed by atoms with van der Waals surface area (Å²) >= 11 is 0. The molecule has 106 valence electrons. The van der Waals surface area contributed by atoms with Gasteiger partial charge in [-0.25, -0.2) is 8.42 Å². The minimum Gasteiger partial charge on any atom is -0.330 e.